The van der Waals surface area contributed by atoms with Crippen LogP contribution in [0.25, 0.3) is 5.76 Å². The fourth-order valence-electron chi connectivity index (χ4n) is 4.08. The number of anilines is 1. The van der Waals surface area contributed by atoms with E-state index >= 15 is 0 Å². The average molecular weight is 507 g/mol. The van der Waals surface area contributed by atoms with Crippen LogP contribution in [0.3, 0.4) is 0 Å². The molecular weight excluding hydrogens is 476 g/mol. The molecule has 1 aromatic heterocycles. The first-order valence-corrected chi connectivity index (χ1v) is 13.1. The lowest BCUT2D eigenvalue weighted by Crippen LogP contribution is -2.29. The molecule has 3 aromatic rings. The number of aliphatic hydroxyl groups is 1. The van der Waals surface area contributed by atoms with Gasteiger partial charge in [0.1, 0.15) is 17.3 Å². The van der Waals surface area contributed by atoms with Gasteiger partial charge in [-0.3, -0.25) is 14.5 Å². The molecule has 2 heterocycles. The summed E-state index contributed by atoms with van der Waals surface area (Å²) >= 11 is 1.26. The number of Topliss-reactive ketones (excluding diaryl/α,β-unsaturated/α-hetero) is 1. The number of ether oxygens (including phenoxy) is 2. The van der Waals surface area contributed by atoms with Crippen molar-refractivity contribution in [3.05, 3.63) is 76.8 Å². The number of unbranched alkanes of at least 4 members (excludes halogenated alkanes) is 2. The van der Waals surface area contributed by atoms with E-state index < -0.39 is 17.7 Å². The molecule has 1 aliphatic heterocycles. The number of aromatic nitrogens is 1. The fourth-order valence-corrected chi connectivity index (χ4v) is 4.75. The van der Waals surface area contributed by atoms with Crippen LogP contribution in [0.15, 0.2) is 65.7 Å². The standard InChI is InChI=1S/C28H30N2O5S/c1-3-5-6-16-35-22-9-7-8-20(18-22)24-23(26(32)27(33)30(24)28-29-14-17-36-28)25(31)19-10-12-21(13-11-19)34-15-4-2/h7-14,17-18,24,31H,3-6,15-16H2,1-2H3. The second-order valence-electron chi connectivity index (χ2n) is 8.48. The number of carbonyl (C=O) groups is 2. The van der Waals surface area contributed by atoms with Crippen molar-refractivity contribution in [2.45, 2.75) is 45.6 Å². The molecule has 0 radical (unpaired) electrons. The van der Waals surface area contributed by atoms with E-state index in [0.717, 1.165) is 25.7 Å². The quantitative estimate of drug-likeness (QED) is 0.146. The molecule has 2 aromatic carbocycles. The number of carbonyl (C=O) groups excluding carboxylic acids is 2. The molecule has 0 bridgehead atoms. The van der Waals surface area contributed by atoms with E-state index in [0.29, 0.717) is 41.0 Å². The van der Waals surface area contributed by atoms with E-state index in [4.69, 9.17) is 9.47 Å². The predicted octanol–water partition coefficient (Wildman–Crippen LogP) is 6.13. The van der Waals surface area contributed by atoms with Gasteiger partial charge in [0.2, 0.25) is 0 Å². The fraction of sp³-hybridized carbons (Fsp3) is 0.321. The molecule has 188 valence electrons. The van der Waals surface area contributed by atoms with Gasteiger partial charge < -0.3 is 14.6 Å². The Labute approximate surface area is 215 Å². The molecule has 1 saturated heterocycles. The summed E-state index contributed by atoms with van der Waals surface area (Å²) in [6.07, 6.45) is 5.57. The van der Waals surface area contributed by atoms with Gasteiger partial charge in [0.25, 0.3) is 5.78 Å². The minimum Gasteiger partial charge on any atom is -0.507 e. The van der Waals surface area contributed by atoms with Crippen LogP contribution in [-0.4, -0.2) is 35.0 Å². The molecule has 1 aliphatic rings. The highest BCUT2D eigenvalue weighted by molar-refractivity contribution is 7.14. The summed E-state index contributed by atoms with van der Waals surface area (Å²) in [5.41, 5.74) is 1.09. The number of thiazole rings is 1. The number of aliphatic hydroxyl groups excluding tert-OH is 1. The third-order valence-corrected chi connectivity index (χ3v) is 6.63. The highest BCUT2D eigenvalue weighted by atomic mass is 32.1. The molecule has 1 amide bonds. The van der Waals surface area contributed by atoms with Gasteiger partial charge in [-0.25, -0.2) is 4.98 Å². The number of nitrogens with zero attached hydrogens (tertiary/aromatic N) is 2. The van der Waals surface area contributed by atoms with Crippen molar-refractivity contribution in [2.24, 2.45) is 0 Å². The minimum absolute atomic E-state index is 0.0144. The molecule has 7 nitrogen and oxygen atoms in total. The van der Waals surface area contributed by atoms with Gasteiger partial charge >= 0.3 is 5.91 Å². The van der Waals surface area contributed by atoms with Crippen molar-refractivity contribution in [1.29, 1.82) is 0 Å². The van der Waals surface area contributed by atoms with Gasteiger partial charge in [0.05, 0.1) is 24.8 Å². The second-order valence-corrected chi connectivity index (χ2v) is 9.36. The van der Waals surface area contributed by atoms with E-state index in [2.05, 4.69) is 11.9 Å². The topological polar surface area (TPSA) is 89.0 Å². The predicted molar refractivity (Wildman–Crippen MR) is 141 cm³/mol. The zero-order chi connectivity index (χ0) is 25.5. The summed E-state index contributed by atoms with van der Waals surface area (Å²) < 4.78 is 11.5. The highest BCUT2D eigenvalue weighted by Gasteiger charge is 2.48. The van der Waals surface area contributed by atoms with E-state index in [9.17, 15) is 14.7 Å². The molecule has 4 rings (SSSR count). The van der Waals surface area contributed by atoms with Gasteiger partial charge in [0, 0.05) is 17.1 Å². The number of ketones is 1. The van der Waals surface area contributed by atoms with Crippen LogP contribution >= 0.6 is 11.3 Å². The Hall–Kier alpha value is -3.65. The average Bonchev–Trinajstić information content (AvgIpc) is 3.52. The van der Waals surface area contributed by atoms with E-state index in [1.54, 1.807) is 35.8 Å². The minimum atomic E-state index is -0.841. The number of amides is 1. The smallest absolute Gasteiger partial charge is 0.301 e. The molecule has 0 aliphatic carbocycles. The molecule has 36 heavy (non-hydrogen) atoms. The number of benzene rings is 2. The van der Waals surface area contributed by atoms with Crippen molar-refractivity contribution in [2.75, 3.05) is 18.1 Å². The molecular formula is C28H30N2O5S. The van der Waals surface area contributed by atoms with Gasteiger partial charge in [-0.05, 0) is 54.8 Å². The van der Waals surface area contributed by atoms with Gasteiger partial charge in [-0.1, -0.05) is 38.8 Å². The van der Waals surface area contributed by atoms with Crippen LogP contribution in [0.5, 0.6) is 11.5 Å². The normalized spacial score (nSPS) is 16.9. The lowest BCUT2D eigenvalue weighted by atomic mass is 9.95. The summed E-state index contributed by atoms with van der Waals surface area (Å²) in [4.78, 5) is 32.1. The maximum absolute atomic E-state index is 13.3. The molecule has 1 atom stereocenters. The van der Waals surface area contributed by atoms with Crippen molar-refractivity contribution in [1.82, 2.24) is 4.98 Å². The zero-order valence-electron chi connectivity index (χ0n) is 20.5. The molecule has 8 heteroatoms. The van der Waals surface area contributed by atoms with Crippen LogP contribution in [-0.2, 0) is 9.59 Å². The molecule has 0 spiro atoms. The van der Waals surface area contributed by atoms with Crippen LogP contribution in [0, 0.1) is 0 Å². The summed E-state index contributed by atoms with van der Waals surface area (Å²) in [6.45, 7) is 5.32. The monoisotopic (exact) mass is 506 g/mol. The Morgan fingerprint density at radius 1 is 1.00 bits per heavy atom. The molecule has 0 saturated carbocycles. The first-order chi connectivity index (χ1) is 17.5. The molecule has 1 fully saturated rings. The van der Waals surface area contributed by atoms with Crippen LogP contribution in [0.4, 0.5) is 5.13 Å². The third-order valence-electron chi connectivity index (χ3n) is 5.86. The Bertz CT molecular complexity index is 1220. The number of rotatable bonds is 11. The summed E-state index contributed by atoms with van der Waals surface area (Å²) in [5.74, 6) is -0.414. The van der Waals surface area contributed by atoms with Crippen molar-refractivity contribution >= 4 is 33.9 Å². The van der Waals surface area contributed by atoms with Crippen molar-refractivity contribution in [3.8, 4) is 11.5 Å². The SMILES string of the molecule is CCCCCOc1cccc(C2C(=C(O)c3ccc(OCCC)cc3)C(=O)C(=O)N2c2nccs2)c1. The lowest BCUT2D eigenvalue weighted by molar-refractivity contribution is -0.132. The van der Waals surface area contributed by atoms with Crippen LogP contribution in [0.1, 0.15) is 56.7 Å². The maximum Gasteiger partial charge on any atom is 0.301 e. The second kappa shape index (κ2) is 11.9. The van der Waals surface area contributed by atoms with E-state index in [1.807, 2.05) is 31.2 Å². The highest BCUT2D eigenvalue weighted by Crippen LogP contribution is 2.43. The first kappa shape index (κ1) is 25.4. The Kier molecular flexibility index (Phi) is 8.38. The number of hydrogen-bond acceptors (Lipinski definition) is 7. The molecule has 1 N–H and O–H groups in total. The van der Waals surface area contributed by atoms with Gasteiger partial charge in [-0.15, -0.1) is 11.3 Å². The van der Waals surface area contributed by atoms with E-state index in [1.165, 1.54) is 16.2 Å². The largest absolute Gasteiger partial charge is 0.507 e. The van der Waals surface area contributed by atoms with Crippen LogP contribution in [0.2, 0.25) is 0 Å². The molecule has 1 unspecified atom stereocenters. The summed E-state index contributed by atoms with van der Waals surface area (Å²) in [7, 11) is 0. The van der Waals surface area contributed by atoms with Crippen molar-refractivity contribution in [3.63, 3.8) is 0 Å². The van der Waals surface area contributed by atoms with Crippen molar-refractivity contribution < 1.29 is 24.2 Å². The number of hydrogen-bond donors (Lipinski definition) is 1. The summed E-state index contributed by atoms with van der Waals surface area (Å²) in [6, 6.07) is 13.3. The maximum atomic E-state index is 13.3. The van der Waals surface area contributed by atoms with E-state index in [-0.39, 0.29) is 11.3 Å². The Balaban J connectivity index is 1.75. The third kappa shape index (κ3) is 5.44. The summed E-state index contributed by atoms with van der Waals surface area (Å²) in [5, 5.41) is 13.4. The van der Waals surface area contributed by atoms with Gasteiger partial charge in [-0.2, -0.15) is 0 Å². The van der Waals surface area contributed by atoms with Crippen LogP contribution < -0.4 is 14.4 Å². The van der Waals surface area contributed by atoms with Gasteiger partial charge in [0.15, 0.2) is 5.13 Å². The Morgan fingerprint density at radius 3 is 2.47 bits per heavy atom. The zero-order valence-corrected chi connectivity index (χ0v) is 21.3. The lowest BCUT2D eigenvalue weighted by Gasteiger charge is -2.23. The first-order valence-electron chi connectivity index (χ1n) is 12.2. The Morgan fingerprint density at radius 2 is 1.78 bits per heavy atom.